The lowest BCUT2D eigenvalue weighted by Crippen LogP contribution is -2.43. The van der Waals surface area contributed by atoms with Gasteiger partial charge in [-0.15, -0.1) is 0 Å². The highest BCUT2D eigenvalue weighted by molar-refractivity contribution is 5.94. The lowest BCUT2D eigenvalue weighted by molar-refractivity contribution is -0.140. The molecule has 1 aromatic heterocycles. The minimum absolute atomic E-state index is 0.00435. The van der Waals surface area contributed by atoms with Gasteiger partial charge in [0.2, 0.25) is 0 Å². The van der Waals surface area contributed by atoms with Crippen molar-refractivity contribution in [3.63, 3.8) is 0 Å². The molecule has 0 bridgehead atoms. The Morgan fingerprint density at radius 2 is 1.65 bits per heavy atom. The van der Waals surface area contributed by atoms with E-state index in [1.807, 2.05) is 36.4 Å². The Hall–Kier alpha value is -4.11. The molecule has 3 N–H and O–H groups in total. The van der Waals surface area contributed by atoms with Gasteiger partial charge in [0.05, 0.1) is 13.2 Å². The summed E-state index contributed by atoms with van der Waals surface area (Å²) in [4.78, 5) is 35.6. The van der Waals surface area contributed by atoms with Crippen LogP contribution >= 0.6 is 0 Å². The first kappa shape index (κ1) is 23.1. The van der Waals surface area contributed by atoms with Crippen LogP contribution in [0.2, 0.25) is 0 Å². The van der Waals surface area contributed by atoms with E-state index < -0.39 is 24.0 Å². The summed E-state index contributed by atoms with van der Waals surface area (Å²) < 4.78 is 15.7. The van der Waals surface area contributed by atoms with Crippen LogP contribution in [0.5, 0.6) is 0 Å². The largest absolute Gasteiger partial charge is 0.480 e. The third kappa shape index (κ3) is 4.94. The zero-order chi connectivity index (χ0) is 24.1. The van der Waals surface area contributed by atoms with Gasteiger partial charge >= 0.3 is 12.1 Å². The molecule has 1 heterocycles. The molecule has 9 heteroatoms. The maximum absolute atomic E-state index is 12.3. The van der Waals surface area contributed by atoms with Crippen molar-refractivity contribution in [1.29, 1.82) is 0 Å². The van der Waals surface area contributed by atoms with Crippen molar-refractivity contribution >= 4 is 18.0 Å². The van der Waals surface area contributed by atoms with Crippen molar-refractivity contribution in [2.24, 2.45) is 0 Å². The highest BCUT2D eigenvalue weighted by Gasteiger charge is 2.29. The lowest BCUT2D eigenvalue weighted by Gasteiger charge is -2.14. The van der Waals surface area contributed by atoms with E-state index in [9.17, 15) is 14.4 Å². The number of ether oxygens (including phenoxy) is 2. The molecule has 1 aliphatic rings. The van der Waals surface area contributed by atoms with Crippen LogP contribution in [0.25, 0.3) is 11.1 Å². The van der Waals surface area contributed by atoms with Crippen LogP contribution in [0.4, 0.5) is 4.79 Å². The molecule has 0 radical (unpaired) electrons. The van der Waals surface area contributed by atoms with E-state index in [1.54, 1.807) is 0 Å². The molecule has 0 spiro atoms. The minimum Gasteiger partial charge on any atom is -0.480 e. The summed E-state index contributed by atoms with van der Waals surface area (Å²) in [6, 6.07) is 17.8. The van der Waals surface area contributed by atoms with E-state index in [0.717, 1.165) is 22.3 Å². The quantitative estimate of drug-likeness (QED) is 0.444. The van der Waals surface area contributed by atoms with Gasteiger partial charge in [-0.05, 0) is 34.4 Å². The summed E-state index contributed by atoms with van der Waals surface area (Å²) in [6.07, 6.45) is -0.615. The van der Waals surface area contributed by atoms with Crippen LogP contribution < -0.4 is 10.6 Å². The van der Waals surface area contributed by atoms with E-state index in [-0.39, 0.29) is 31.4 Å². The third-order valence-electron chi connectivity index (χ3n) is 5.57. The second-order valence-corrected chi connectivity index (χ2v) is 7.76. The molecular formula is C25H24N2O7. The Morgan fingerprint density at radius 3 is 2.26 bits per heavy atom. The molecule has 1 aliphatic carbocycles. The first-order valence-electron chi connectivity index (χ1n) is 10.7. The van der Waals surface area contributed by atoms with Crippen molar-refractivity contribution in [2.45, 2.75) is 18.5 Å². The highest BCUT2D eigenvalue weighted by atomic mass is 16.5. The highest BCUT2D eigenvalue weighted by Crippen LogP contribution is 2.44. The molecule has 1 unspecified atom stereocenters. The molecule has 0 aliphatic heterocycles. The van der Waals surface area contributed by atoms with Crippen LogP contribution in [0.3, 0.4) is 0 Å². The molecule has 2 aromatic carbocycles. The normalized spacial score (nSPS) is 13.0. The fourth-order valence-corrected chi connectivity index (χ4v) is 3.97. The molecule has 0 fully saturated rings. The predicted octanol–water partition coefficient (Wildman–Crippen LogP) is 3.15. The first-order valence-corrected chi connectivity index (χ1v) is 10.7. The summed E-state index contributed by atoms with van der Waals surface area (Å²) in [7, 11) is 1.34. The number of furan rings is 1. The Balaban J connectivity index is 1.30. The number of carboxylic acid groups (broad SMARTS) is 1. The maximum atomic E-state index is 12.3. The number of alkyl carbamates (subject to hydrolysis) is 1. The predicted molar refractivity (Wildman–Crippen MR) is 121 cm³/mol. The van der Waals surface area contributed by atoms with Crippen molar-refractivity contribution in [3.8, 4) is 11.1 Å². The van der Waals surface area contributed by atoms with Gasteiger partial charge < -0.3 is 29.6 Å². The van der Waals surface area contributed by atoms with Crippen LogP contribution in [0.1, 0.15) is 33.4 Å². The molecule has 1 atom stereocenters. The van der Waals surface area contributed by atoms with Gasteiger partial charge in [-0.3, -0.25) is 4.79 Å². The number of carbonyl (C=O) groups is 3. The Morgan fingerprint density at radius 1 is 1.00 bits per heavy atom. The van der Waals surface area contributed by atoms with Gasteiger partial charge in [0.15, 0.2) is 11.8 Å². The number of fused-ring (bicyclic) bond motifs is 3. The van der Waals surface area contributed by atoms with Gasteiger partial charge in [-0.25, -0.2) is 9.59 Å². The zero-order valence-corrected chi connectivity index (χ0v) is 18.4. The number of amides is 2. The topological polar surface area (TPSA) is 127 Å². The molecule has 9 nitrogen and oxygen atoms in total. The van der Waals surface area contributed by atoms with E-state index in [2.05, 4.69) is 22.8 Å². The Kier molecular flexibility index (Phi) is 6.93. The average Bonchev–Trinajstić information content (AvgIpc) is 3.44. The second kappa shape index (κ2) is 10.2. The van der Waals surface area contributed by atoms with Crippen molar-refractivity contribution in [3.05, 3.63) is 83.3 Å². The molecule has 0 saturated heterocycles. The number of benzene rings is 2. The summed E-state index contributed by atoms with van der Waals surface area (Å²) in [5.74, 6) is -1.73. The minimum atomic E-state index is -1.22. The number of carboxylic acids is 1. The van der Waals surface area contributed by atoms with Crippen LogP contribution in [-0.2, 0) is 20.8 Å². The maximum Gasteiger partial charge on any atom is 0.407 e. The van der Waals surface area contributed by atoms with E-state index in [4.69, 9.17) is 19.0 Å². The molecule has 2 amide bonds. The van der Waals surface area contributed by atoms with Gasteiger partial charge in [-0.2, -0.15) is 0 Å². The smallest absolute Gasteiger partial charge is 0.407 e. The summed E-state index contributed by atoms with van der Waals surface area (Å²) >= 11 is 0. The van der Waals surface area contributed by atoms with Gasteiger partial charge in [-0.1, -0.05) is 48.5 Å². The van der Waals surface area contributed by atoms with E-state index in [0.29, 0.717) is 5.76 Å². The van der Waals surface area contributed by atoms with E-state index >= 15 is 0 Å². The molecule has 0 saturated carbocycles. The van der Waals surface area contributed by atoms with Crippen LogP contribution in [-0.4, -0.2) is 49.4 Å². The Labute approximate surface area is 195 Å². The standard InChI is InChI=1S/C25H24N2O7/c1-32-14-21(24(29)30)27-23(28)22-11-10-15(34-22)12-26-25(31)33-13-20-18-8-4-2-6-16(18)17-7-3-5-9-19(17)20/h2-11,20-21H,12-14H2,1H3,(H,26,31)(H,27,28)(H,29,30). The number of methoxy groups -OCH3 is 1. The Bertz CT molecular complexity index is 1160. The number of aliphatic carboxylic acids is 1. The summed E-state index contributed by atoms with van der Waals surface area (Å²) in [5, 5.41) is 14.0. The van der Waals surface area contributed by atoms with Crippen molar-refractivity contribution in [1.82, 2.24) is 10.6 Å². The molecule has 176 valence electrons. The van der Waals surface area contributed by atoms with Crippen molar-refractivity contribution in [2.75, 3.05) is 20.3 Å². The average molecular weight is 464 g/mol. The molecule has 4 rings (SSSR count). The SMILES string of the molecule is COCC(NC(=O)c1ccc(CNC(=O)OCC2c3ccccc3-c3ccccc32)o1)C(=O)O. The number of nitrogens with one attached hydrogen (secondary N) is 2. The fraction of sp³-hybridized carbons (Fsp3) is 0.240. The van der Waals surface area contributed by atoms with Gasteiger partial charge in [0.25, 0.3) is 5.91 Å². The van der Waals surface area contributed by atoms with Crippen molar-refractivity contribution < 1.29 is 33.4 Å². The zero-order valence-electron chi connectivity index (χ0n) is 18.4. The van der Waals surface area contributed by atoms with Gasteiger partial charge in [0, 0.05) is 13.0 Å². The van der Waals surface area contributed by atoms with Gasteiger partial charge in [0.1, 0.15) is 12.4 Å². The summed E-state index contributed by atoms with van der Waals surface area (Å²) in [5.41, 5.74) is 4.52. The lowest BCUT2D eigenvalue weighted by atomic mass is 9.98. The third-order valence-corrected chi connectivity index (χ3v) is 5.57. The number of hydrogen-bond donors (Lipinski definition) is 3. The van der Waals surface area contributed by atoms with Crippen LogP contribution in [0, 0.1) is 0 Å². The summed E-state index contributed by atoms with van der Waals surface area (Å²) in [6.45, 7) is 0.00408. The van der Waals surface area contributed by atoms with Crippen LogP contribution in [0.15, 0.2) is 65.1 Å². The fourth-order valence-electron chi connectivity index (χ4n) is 3.97. The molecular weight excluding hydrogens is 440 g/mol. The second-order valence-electron chi connectivity index (χ2n) is 7.76. The van der Waals surface area contributed by atoms with E-state index in [1.165, 1.54) is 19.2 Å². The molecule has 34 heavy (non-hydrogen) atoms. The first-order chi connectivity index (χ1) is 16.5. The monoisotopic (exact) mass is 464 g/mol. The number of rotatable bonds is 9. The molecule has 3 aromatic rings. The number of carbonyl (C=O) groups excluding carboxylic acids is 2. The number of hydrogen-bond acceptors (Lipinski definition) is 6.